The molecule has 0 atom stereocenters. The first-order chi connectivity index (χ1) is 14.2. The number of nitrogens with zero attached hydrogens (tertiary/aromatic N) is 6. The highest BCUT2D eigenvalue weighted by molar-refractivity contribution is 5.81. The summed E-state index contributed by atoms with van der Waals surface area (Å²) in [6, 6.07) is 6.89. The molecule has 3 aromatic heterocycles. The molecule has 5 heterocycles. The monoisotopic (exact) mass is 389 g/mol. The summed E-state index contributed by atoms with van der Waals surface area (Å²) in [6.07, 6.45) is 9.22. The fourth-order valence-electron chi connectivity index (χ4n) is 4.16. The number of hydrogen-bond donors (Lipinski definition) is 1. The van der Waals surface area contributed by atoms with Crippen LogP contribution in [0.15, 0.2) is 36.7 Å². The molecule has 0 aliphatic carbocycles. The van der Waals surface area contributed by atoms with Gasteiger partial charge < -0.3 is 14.8 Å². The number of aromatic nitrogens is 4. The van der Waals surface area contributed by atoms with Crippen molar-refractivity contribution in [3.63, 3.8) is 0 Å². The number of anilines is 3. The standard InChI is InChI=1S/C22H27N7/c1-16(2)27-9-11-28(12-10-27)19-6-7-20(23-15-19)25-22-24-14-17-13-18-5-3-4-8-29(18)21(17)26-22/h3,5-7,13-16H,4,8-12H2,1-2H3,(H,23,24,25,26). The van der Waals surface area contributed by atoms with E-state index >= 15 is 0 Å². The zero-order valence-corrected chi connectivity index (χ0v) is 17.0. The van der Waals surface area contributed by atoms with Gasteiger partial charge in [-0.15, -0.1) is 0 Å². The lowest BCUT2D eigenvalue weighted by atomic mass is 10.2. The van der Waals surface area contributed by atoms with Crippen molar-refractivity contribution in [3.8, 4) is 0 Å². The first-order valence-electron chi connectivity index (χ1n) is 10.4. The summed E-state index contributed by atoms with van der Waals surface area (Å²) < 4.78 is 2.25. The second kappa shape index (κ2) is 7.48. The molecule has 1 N–H and O–H groups in total. The summed E-state index contributed by atoms with van der Waals surface area (Å²) in [5.74, 6) is 1.35. The Labute approximate surface area is 171 Å². The minimum Gasteiger partial charge on any atom is -0.368 e. The van der Waals surface area contributed by atoms with Gasteiger partial charge in [0.1, 0.15) is 11.5 Å². The Bertz CT molecular complexity index is 1030. The number of pyridine rings is 1. The number of aryl methyl sites for hydroxylation is 1. The van der Waals surface area contributed by atoms with Crippen LogP contribution in [0.3, 0.4) is 0 Å². The van der Waals surface area contributed by atoms with Crippen LogP contribution in [0.1, 0.15) is 26.0 Å². The molecule has 0 unspecified atom stereocenters. The Balaban J connectivity index is 1.29. The van der Waals surface area contributed by atoms with Crippen LogP contribution in [0.25, 0.3) is 17.1 Å². The molecule has 0 spiro atoms. The molecule has 7 nitrogen and oxygen atoms in total. The van der Waals surface area contributed by atoms with Crippen molar-refractivity contribution in [2.75, 3.05) is 36.4 Å². The van der Waals surface area contributed by atoms with Crippen LogP contribution in [0.2, 0.25) is 0 Å². The Kier molecular flexibility index (Phi) is 4.67. The Hall–Kier alpha value is -2.93. The predicted octanol–water partition coefficient (Wildman–Crippen LogP) is 3.52. The summed E-state index contributed by atoms with van der Waals surface area (Å²) in [6.45, 7) is 9.77. The molecule has 1 fully saturated rings. The van der Waals surface area contributed by atoms with E-state index in [1.165, 1.54) is 11.4 Å². The molecule has 5 rings (SSSR count). The summed E-state index contributed by atoms with van der Waals surface area (Å²) in [5, 5.41) is 4.32. The largest absolute Gasteiger partial charge is 0.368 e. The summed E-state index contributed by atoms with van der Waals surface area (Å²) in [7, 11) is 0. The molecular formula is C22H27N7. The summed E-state index contributed by atoms with van der Waals surface area (Å²) in [4.78, 5) is 18.7. The van der Waals surface area contributed by atoms with E-state index in [0.29, 0.717) is 12.0 Å². The molecule has 0 amide bonds. The highest BCUT2D eigenvalue weighted by Gasteiger charge is 2.19. The van der Waals surface area contributed by atoms with Gasteiger partial charge in [0.2, 0.25) is 5.95 Å². The van der Waals surface area contributed by atoms with Gasteiger partial charge in [-0.1, -0.05) is 6.08 Å². The Morgan fingerprint density at radius 3 is 2.62 bits per heavy atom. The minimum absolute atomic E-state index is 0.582. The Morgan fingerprint density at radius 2 is 1.86 bits per heavy atom. The fraction of sp³-hybridized carbons (Fsp3) is 0.409. The van der Waals surface area contributed by atoms with Crippen LogP contribution in [-0.4, -0.2) is 56.6 Å². The predicted molar refractivity (Wildman–Crippen MR) is 118 cm³/mol. The normalized spacial score (nSPS) is 17.1. The summed E-state index contributed by atoms with van der Waals surface area (Å²) >= 11 is 0. The maximum Gasteiger partial charge on any atom is 0.230 e. The zero-order valence-electron chi connectivity index (χ0n) is 17.0. The zero-order chi connectivity index (χ0) is 19.8. The van der Waals surface area contributed by atoms with Gasteiger partial charge >= 0.3 is 0 Å². The highest BCUT2D eigenvalue weighted by atomic mass is 15.3. The molecule has 2 aliphatic rings. The first kappa shape index (κ1) is 18.1. The fourth-order valence-corrected chi connectivity index (χ4v) is 4.16. The van der Waals surface area contributed by atoms with Crippen LogP contribution >= 0.6 is 0 Å². The molecular weight excluding hydrogens is 362 g/mol. The van der Waals surface area contributed by atoms with Crippen molar-refractivity contribution in [1.29, 1.82) is 0 Å². The van der Waals surface area contributed by atoms with Gasteiger partial charge in [0.15, 0.2) is 0 Å². The average molecular weight is 390 g/mol. The third-order valence-electron chi connectivity index (χ3n) is 5.87. The quantitative estimate of drug-likeness (QED) is 0.737. The summed E-state index contributed by atoms with van der Waals surface area (Å²) in [5.41, 5.74) is 3.34. The van der Waals surface area contributed by atoms with Gasteiger partial charge in [0.05, 0.1) is 11.9 Å². The third kappa shape index (κ3) is 3.58. The molecule has 29 heavy (non-hydrogen) atoms. The topological polar surface area (TPSA) is 62.1 Å². The van der Waals surface area contributed by atoms with E-state index in [-0.39, 0.29) is 0 Å². The molecule has 3 aromatic rings. The maximum absolute atomic E-state index is 4.73. The van der Waals surface area contributed by atoms with Gasteiger partial charge in [-0.25, -0.2) is 9.97 Å². The number of rotatable bonds is 4. The van der Waals surface area contributed by atoms with Crippen LogP contribution in [0, 0.1) is 0 Å². The van der Waals surface area contributed by atoms with Crippen molar-refractivity contribution >= 4 is 34.6 Å². The molecule has 0 bridgehead atoms. The smallest absolute Gasteiger partial charge is 0.230 e. The van der Waals surface area contributed by atoms with Gasteiger partial charge in [0, 0.05) is 56.0 Å². The van der Waals surface area contributed by atoms with Gasteiger partial charge in [0.25, 0.3) is 0 Å². The molecule has 0 aromatic carbocycles. The minimum atomic E-state index is 0.582. The van der Waals surface area contributed by atoms with E-state index in [2.05, 4.69) is 67.8 Å². The first-order valence-corrected chi connectivity index (χ1v) is 10.4. The van der Waals surface area contributed by atoms with E-state index in [9.17, 15) is 0 Å². The second-order valence-corrected chi connectivity index (χ2v) is 8.03. The van der Waals surface area contributed by atoms with Crippen molar-refractivity contribution in [2.45, 2.75) is 32.9 Å². The average Bonchev–Trinajstić information content (AvgIpc) is 3.12. The van der Waals surface area contributed by atoms with Crippen LogP contribution in [0.4, 0.5) is 17.5 Å². The highest BCUT2D eigenvalue weighted by Crippen LogP contribution is 2.24. The molecule has 1 saturated heterocycles. The van der Waals surface area contributed by atoms with E-state index < -0.39 is 0 Å². The van der Waals surface area contributed by atoms with Crippen molar-refractivity contribution in [3.05, 3.63) is 42.4 Å². The van der Waals surface area contributed by atoms with Crippen molar-refractivity contribution < 1.29 is 0 Å². The van der Waals surface area contributed by atoms with Crippen LogP contribution < -0.4 is 10.2 Å². The second-order valence-electron chi connectivity index (χ2n) is 8.03. The lowest BCUT2D eigenvalue weighted by Crippen LogP contribution is -2.48. The number of allylic oxidation sites excluding steroid dienone is 1. The molecule has 0 saturated carbocycles. The van der Waals surface area contributed by atoms with Crippen molar-refractivity contribution in [1.82, 2.24) is 24.4 Å². The number of hydrogen-bond acceptors (Lipinski definition) is 6. The Morgan fingerprint density at radius 1 is 1.00 bits per heavy atom. The van der Waals surface area contributed by atoms with E-state index in [4.69, 9.17) is 4.98 Å². The van der Waals surface area contributed by atoms with Crippen molar-refractivity contribution in [2.24, 2.45) is 0 Å². The SMILES string of the molecule is CC(C)N1CCN(c2ccc(Nc3ncc4cc5n(c4n3)CCC=C5)nc2)CC1. The van der Waals surface area contributed by atoms with Crippen LogP contribution in [0.5, 0.6) is 0 Å². The van der Waals surface area contributed by atoms with E-state index in [1.54, 1.807) is 0 Å². The lowest BCUT2D eigenvalue weighted by molar-refractivity contribution is 0.209. The van der Waals surface area contributed by atoms with Gasteiger partial charge in [-0.3, -0.25) is 4.90 Å². The third-order valence-corrected chi connectivity index (χ3v) is 5.87. The lowest BCUT2D eigenvalue weighted by Gasteiger charge is -2.38. The van der Waals surface area contributed by atoms with Gasteiger partial charge in [-0.2, -0.15) is 4.98 Å². The molecule has 2 aliphatic heterocycles. The number of nitrogens with one attached hydrogen (secondary N) is 1. The molecule has 150 valence electrons. The van der Waals surface area contributed by atoms with Gasteiger partial charge in [-0.05, 0) is 44.5 Å². The maximum atomic E-state index is 4.73. The van der Waals surface area contributed by atoms with E-state index in [1.807, 2.05) is 18.5 Å². The number of fused-ring (bicyclic) bond motifs is 3. The van der Waals surface area contributed by atoms with E-state index in [0.717, 1.165) is 56.0 Å². The van der Waals surface area contributed by atoms with Crippen LogP contribution in [-0.2, 0) is 6.54 Å². The molecule has 0 radical (unpaired) electrons. The molecule has 7 heteroatoms. The number of piperazine rings is 1.